The van der Waals surface area contributed by atoms with Crippen molar-refractivity contribution in [3.8, 4) is 5.75 Å². The Balaban J connectivity index is 2.55. The number of hydrogen-bond acceptors (Lipinski definition) is 3. The summed E-state index contributed by atoms with van der Waals surface area (Å²) >= 11 is 12.1. The van der Waals surface area contributed by atoms with Crippen molar-refractivity contribution in [2.75, 3.05) is 14.2 Å². The maximum absolute atomic E-state index is 6.14. The summed E-state index contributed by atoms with van der Waals surface area (Å²) in [6, 6.07) is 5.75. The molecule has 1 unspecified atom stereocenters. The Morgan fingerprint density at radius 1 is 1.24 bits per heavy atom. The van der Waals surface area contributed by atoms with Crippen LogP contribution in [0.15, 0.2) is 24.4 Å². The van der Waals surface area contributed by atoms with E-state index in [9.17, 15) is 0 Å². The Morgan fingerprint density at radius 3 is 2.48 bits per heavy atom. The van der Waals surface area contributed by atoms with E-state index in [4.69, 9.17) is 27.9 Å². The summed E-state index contributed by atoms with van der Waals surface area (Å²) in [5.74, 6) is 0.745. The number of ether oxygens (including phenoxy) is 1. The van der Waals surface area contributed by atoms with Crippen molar-refractivity contribution >= 4 is 23.2 Å². The molecule has 4 nitrogen and oxygen atoms in total. The van der Waals surface area contributed by atoms with Gasteiger partial charge in [0.1, 0.15) is 5.69 Å². The second-order valence-corrected chi connectivity index (χ2v) is 5.85. The summed E-state index contributed by atoms with van der Waals surface area (Å²) in [6.45, 7) is 4.16. The van der Waals surface area contributed by atoms with E-state index in [-0.39, 0.29) is 12.1 Å². The molecule has 6 heteroatoms. The van der Waals surface area contributed by atoms with Crippen molar-refractivity contribution in [2.45, 2.75) is 25.9 Å². The average molecular weight is 328 g/mol. The zero-order chi connectivity index (χ0) is 15.6. The van der Waals surface area contributed by atoms with Crippen LogP contribution in [0.3, 0.4) is 0 Å². The van der Waals surface area contributed by atoms with Crippen LogP contribution in [0, 0.1) is 0 Å². The van der Waals surface area contributed by atoms with Gasteiger partial charge in [0.2, 0.25) is 0 Å². The zero-order valence-electron chi connectivity index (χ0n) is 12.5. The molecule has 1 N–H and O–H groups in total. The number of nitrogens with zero attached hydrogens (tertiary/aromatic N) is 2. The lowest BCUT2D eigenvalue weighted by atomic mass is 10.0. The molecule has 0 amide bonds. The number of hydrogen-bond donors (Lipinski definition) is 1. The topological polar surface area (TPSA) is 39.1 Å². The highest BCUT2D eigenvalue weighted by molar-refractivity contribution is 6.42. The van der Waals surface area contributed by atoms with Gasteiger partial charge in [0.05, 0.1) is 29.4 Å². The molecular weight excluding hydrogens is 309 g/mol. The number of benzene rings is 1. The first-order valence-electron chi connectivity index (χ1n) is 6.73. The van der Waals surface area contributed by atoms with Crippen molar-refractivity contribution in [3.63, 3.8) is 0 Å². The van der Waals surface area contributed by atoms with Crippen LogP contribution in [0.5, 0.6) is 5.75 Å². The second kappa shape index (κ2) is 6.69. The SMILES string of the molecule is CNC(c1ccc(Cl)c(Cl)c1)c1c(OC)cnn1C(C)C. The lowest BCUT2D eigenvalue weighted by Gasteiger charge is -2.21. The minimum absolute atomic E-state index is 0.0837. The van der Waals surface area contributed by atoms with Gasteiger partial charge in [-0.3, -0.25) is 4.68 Å². The van der Waals surface area contributed by atoms with Crippen LogP contribution in [-0.2, 0) is 0 Å². The van der Waals surface area contributed by atoms with Crippen molar-refractivity contribution in [2.24, 2.45) is 0 Å². The summed E-state index contributed by atoms with van der Waals surface area (Å²) in [5.41, 5.74) is 1.97. The van der Waals surface area contributed by atoms with Crippen LogP contribution < -0.4 is 10.1 Å². The summed E-state index contributed by atoms with van der Waals surface area (Å²) < 4.78 is 7.40. The lowest BCUT2D eigenvalue weighted by Crippen LogP contribution is -2.23. The average Bonchev–Trinajstić information content (AvgIpc) is 2.87. The highest BCUT2D eigenvalue weighted by Gasteiger charge is 2.24. The minimum Gasteiger partial charge on any atom is -0.493 e. The molecular formula is C15H19Cl2N3O. The van der Waals surface area contributed by atoms with E-state index >= 15 is 0 Å². The lowest BCUT2D eigenvalue weighted by molar-refractivity contribution is 0.396. The predicted octanol–water partition coefficient (Wildman–Crippen LogP) is 4.09. The fourth-order valence-electron chi connectivity index (χ4n) is 2.35. The maximum Gasteiger partial charge on any atom is 0.161 e. The molecule has 2 aromatic rings. The fraction of sp³-hybridized carbons (Fsp3) is 0.400. The normalized spacial score (nSPS) is 12.7. The van der Waals surface area contributed by atoms with Gasteiger partial charge < -0.3 is 10.1 Å². The third kappa shape index (κ3) is 3.18. The number of rotatable bonds is 5. The van der Waals surface area contributed by atoms with Crippen LogP contribution in [0.4, 0.5) is 0 Å². The molecule has 1 aromatic carbocycles. The highest BCUT2D eigenvalue weighted by Crippen LogP contribution is 2.34. The predicted molar refractivity (Wildman–Crippen MR) is 86.5 cm³/mol. The fourth-order valence-corrected chi connectivity index (χ4v) is 2.66. The molecule has 0 aliphatic heterocycles. The van der Waals surface area contributed by atoms with E-state index < -0.39 is 0 Å². The summed E-state index contributed by atoms with van der Waals surface area (Å²) in [5, 5.41) is 8.78. The van der Waals surface area contributed by atoms with Crippen LogP contribution in [0.1, 0.15) is 37.2 Å². The summed E-state index contributed by atoms with van der Waals surface area (Å²) in [7, 11) is 3.54. The quantitative estimate of drug-likeness (QED) is 0.898. The largest absolute Gasteiger partial charge is 0.493 e. The number of methoxy groups -OCH3 is 1. The molecule has 0 radical (unpaired) electrons. The molecule has 0 saturated heterocycles. The third-order valence-corrected chi connectivity index (χ3v) is 4.09. The van der Waals surface area contributed by atoms with Crippen LogP contribution in [-0.4, -0.2) is 23.9 Å². The molecule has 1 heterocycles. The molecule has 114 valence electrons. The maximum atomic E-state index is 6.14. The van der Waals surface area contributed by atoms with Crippen LogP contribution in [0.25, 0.3) is 0 Å². The van der Waals surface area contributed by atoms with Gasteiger partial charge in [-0.15, -0.1) is 0 Å². The van der Waals surface area contributed by atoms with Gasteiger partial charge in [-0.25, -0.2) is 0 Å². The molecule has 0 saturated carbocycles. The van der Waals surface area contributed by atoms with Crippen LogP contribution >= 0.6 is 23.2 Å². The third-order valence-electron chi connectivity index (χ3n) is 3.35. The Labute approximate surface area is 135 Å². The molecule has 0 fully saturated rings. The van der Waals surface area contributed by atoms with Gasteiger partial charge in [0.15, 0.2) is 5.75 Å². The number of halogens is 2. The molecule has 0 spiro atoms. The zero-order valence-corrected chi connectivity index (χ0v) is 14.0. The standard InChI is InChI=1S/C15H19Cl2N3O/c1-9(2)20-15(13(21-4)8-19-20)14(18-3)10-5-6-11(16)12(17)7-10/h5-9,14,18H,1-4H3. The van der Waals surface area contributed by atoms with Gasteiger partial charge in [-0.05, 0) is 38.6 Å². The van der Waals surface area contributed by atoms with Crippen molar-refractivity contribution < 1.29 is 4.74 Å². The molecule has 1 atom stereocenters. The summed E-state index contributed by atoms with van der Waals surface area (Å²) in [6.07, 6.45) is 1.73. The highest BCUT2D eigenvalue weighted by atomic mass is 35.5. The number of aromatic nitrogens is 2. The van der Waals surface area contributed by atoms with Crippen molar-refractivity contribution in [1.29, 1.82) is 0 Å². The monoisotopic (exact) mass is 327 g/mol. The van der Waals surface area contributed by atoms with E-state index in [1.54, 1.807) is 19.4 Å². The molecule has 0 bridgehead atoms. The summed E-state index contributed by atoms with van der Waals surface area (Å²) in [4.78, 5) is 0. The molecule has 0 aliphatic carbocycles. The van der Waals surface area contributed by atoms with E-state index in [0.717, 1.165) is 17.0 Å². The Bertz CT molecular complexity index is 625. The Morgan fingerprint density at radius 2 is 1.95 bits per heavy atom. The molecule has 21 heavy (non-hydrogen) atoms. The van der Waals surface area contributed by atoms with Crippen molar-refractivity contribution in [1.82, 2.24) is 15.1 Å². The van der Waals surface area contributed by atoms with E-state index in [0.29, 0.717) is 10.0 Å². The first-order chi connectivity index (χ1) is 9.99. The van der Waals surface area contributed by atoms with Gasteiger partial charge in [0, 0.05) is 6.04 Å². The van der Waals surface area contributed by atoms with E-state index in [1.807, 2.05) is 23.9 Å². The minimum atomic E-state index is -0.0837. The Kier molecular flexibility index (Phi) is 5.14. The second-order valence-electron chi connectivity index (χ2n) is 5.03. The van der Waals surface area contributed by atoms with Gasteiger partial charge in [0.25, 0.3) is 0 Å². The first kappa shape index (κ1) is 16.1. The first-order valence-corrected chi connectivity index (χ1v) is 7.48. The molecule has 1 aromatic heterocycles. The van der Waals surface area contributed by atoms with Crippen LogP contribution in [0.2, 0.25) is 10.0 Å². The van der Waals surface area contributed by atoms with E-state index in [1.165, 1.54) is 0 Å². The van der Waals surface area contributed by atoms with Crippen molar-refractivity contribution in [3.05, 3.63) is 45.7 Å². The van der Waals surface area contributed by atoms with E-state index in [2.05, 4.69) is 24.3 Å². The molecule has 0 aliphatic rings. The van der Waals surface area contributed by atoms with Gasteiger partial charge in [-0.1, -0.05) is 29.3 Å². The Hall–Kier alpha value is -1.23. The van der Waals surface area contributed by atoms with Gasteiger partial charge >= 0.3 is 0 Å². The van der Waals surface area contributed by atoms with Gasteiger partial charge in [-0.2, -0.15) is 5.10 Å². The molecule has 2 rings (SSSR count). The number of nitrogens with one attached hydrogen (secondary N) is 1. The smallest absolute Gasteiger partial charge is 0.161 e.